The van der Waals surface area contributed by atoms with Gasteiger partial charge in [0.15, 0.2) is 17.1 Å². The summed E-state index contributed by atoms with van der Waals surface area (Å²) in [5.74, 6) is 2.09. The molecule has 0 radical (unpaired) electrons. The SMILES string of the molecule is CCn1c(SCC(=O)Nc2cc(Cl)ccc2C)nnc1C(C)Oc1ccc(C(C)C)cc1. The van der Waals surface area contributed by atoms with E-state index >= 15 is 0 Å². The van der Waals surface area contributed by atoms with Crippen LogP contribution in [0.2, 0.25) is 5.02 Å². The Hall–Kier alpha value is -2.51. The highest BCUT2D eigenvalue weighted by atomic mass is 35.5. The number of carbonyl (C=O) groups is 1. The van der Waals surface area contributed by atoms with Crippen LogP contribution in [0.25, 0.3) is 0 Å². The highest BCUT2D eigenvalue weighted by Gasteiger charge is 2.19. The van der Waals surface area contributed by atoms with Crippen molar-refractivity contribution in [2.75, 3.05) is 11.1 Å². The Morgan fingerprint density at radius 3 is 2.53 bits per heavy atom. The summed E-state index contributed by atoms with van der Waals surface area (Å²) >= 11 is 7.38. The summed E-state index contributed by atoms with van der Waals surface area (Å²) in [6.07, 6.45) is -0.273. The fraction of sp³-hybridized carbons (Fsp3) is 0.375. The molecule has 3 aromatic rings. The fourth-order valence-electron chi connectivity index (χ4n) is 3.24. The first-order valence-electron chi connectivity index (χ1n) is 10.7. The summed E-state index contributed by atoms with van der Waals surface area (Å²) in [4.78, 5) is 12.4. The molecule has 0 aliphatic rings. The van der Waals surface area contributed by atoms with Crippen molar-refractivity contribution >= 4 is 35.0 Å². The molecule has 0 spiro atoms. The normalized spacial score (nSPS) is 12.1. The van der Waals surface area contributed by atoms with Gasteiger partial charge < -0.3 is 14.6 Å². The fourth-order valence-corrected chi connectivity index (χ4v) is 4.22. The lowest BCUT2D eigenvalue weighted by atomic mass is 10.0. The van der Waals surface area contributed by atoms with Crippen LogP contribution in [-0.4, -0.2) is 26.4 Å². The van der Waals surface area contributed by atoms with Crippen LogP contribution in [0.5, 0.6) is 5.75 Å². The summed E-state index contributed by atoms with van der Waals surface area (Å²) in [5, 5.41) is 12.8. The molecule has 32 heavy (non-hydrogen) atoms. The van der Waals surface area contributed by atoms with Crippen molar-refractivity contribution in [1.82, 2.24) is 14.8 Å². The Morgan fingerprint density at radius 2 is 1.88 bits per heavy atom. The molecule has 0 aliphatic heterocycles. The molecule has 1 amide bonds. The third-order valence-corrected chi connectivity index (χ3v) is 6.29. The third kappa shape index (κ3) is 6.04. The van der Waals surface area contributed by atoms with Crippen LogP contribution in [0, 0.1) is 6.92 Å². The molecule has 170 valence electrons. The van der Waals surface area contributed by atoms with Gasteiger partial charge in [-0.05, 0) is 62.1 Å². The van der Waals surface area contributed by atoms with Crippen LogP contribution >= 0.6 is 23.4 Å². The van der Waals surface area contributed by atoms with Crippen LogP contribution < -0.4 is 10.1 Å². The first-order chi connectivity index (χ1) is 15.3. The maximum Gasteiger partial charge on any atom is 0.234 e. The van der Waals surface area contributed by atoms with Crippen LogP contribution in [0.4, 0.5) is 5.69 Å². The monoisotopic (exact) mass is 472 g/mol. The molecule has 0 fully saturated rings. The van der Waals surface area contributed by atoms with E-state index in [9.17, 15) is 4.79 Å². The van der Waals surface area contributed by atoms with E-state index in [0.717, 1.165) is 17.1 Å². The Kier molecular flexibility index (Phi) is 8.21. The van der Waals surface area contributed by atoms with Gasteiger partial charge in [0.05, 0.1) is 5.75 Å². The molecule has 0 aliphatic carbocycles. The molecule has 1 aromatic heterocycles. The molecule has 1 unspecified atom stereocenters. The Morgan fingerprint density at radius 1 is 1.16 bits per heavy atom. The van der Waals surface area contributed by atoms with Gasteiger partial charge in [-0.15, -0.1) is 10.2 Å². The Balaban J connectivity index is 1.63. The standard InChI is InChI=1S/C24H29ClN4O2S/c1-6-29-23(17(5)31-20-11-8-18(9-12-20)15(2)3)27-28-24(29)32-14-22(30)26-21-13-19(25)10-7-16(21)4/h7-13,15,17H,6,14H2,1-5H3,(H,26,30). The maximum atomic E-state index is 12.4. The van der Waals surface area contributed by atoms with E-state index in [1.54, 1.807) is 12.1 Å². The van der Waals surface area contributed by atoms with E-state index in [1.807, 2.05) is 43.5 Å². The third-order valence-electron chi connectivity index (χ3n) is 5.09. The number of amides is 1. The van der Waals surface area contributed by atoms with Gasteiger partial charge in [-0.2, -0.15) is 0 Å². The summed E-state index contributed by atoms with van der Waals surface area (Å²) in [5.41, 5.74) is 2.94. The second-order valence-electron chi connectivity index (χ2n) is 7.86. The molecule has 3 rings (SSSR count). The van der Waals surface area contributed by atoms with Gasteiger partial charge in [-0.1, -0.05) is 55.4 Å². The molecule has 6 nitrogen and oxygen atoms in total. The predicted molar refractivity (Wildman–Crippen MR) is 131 cm³/mol. The van der Waals surface area contributed by atoms with Gasteiger partial charge in [-0.3, -0.25) is 4.79 Å². The van der Waals surface area contributed by atoms with Crippen molar-refractivity contribution in [3.63, 3.8) is 0 Å². The van der Waals surface area contributed by atoms with Crippen molar-refractivity contribution in [3.8, 4) is 5.75 Å². The molecule has 0 saturated heterocycles. The number of anilines is 1. The summed E-state index contributed by atoms with van der Waals surface area (Å²) in [6.45, 7) is 10.9. The second-order valence-corrected chi connectivity index (χ2v) is 9.24. The summed E-state index contributed by atoms with van der Waals surface area (Å²) in [6, 6.07) is 13.6. The molecular weight excluding hydrogens is 444 g/mol. The summed E-state index contributed by atoms with van der Waals surface area (Å²) in [7, 11) is 0. The van der Waals surface area contributed by atoms with E-state index in [1.165, 1.54) is 17.3 Å². The number of rotatable bonds is 9. The summed E-state index contributed by atoms with van der Waals surface area (Å²) < 4.78 is 8.08. The minimum atomic E-state index is -0.273. The van der Waals surface area contributed by atoms with E-state index in [4.69, 9.17) is 16.3 Å². The molecule has 0 saturated carbocycles. The second kappa shape index (κ2) is 10.9. The average Bonchev–Trinajstić information content (AvgIpc) is 3.18. The highest BCUT2D eigenvalue weighted by molar-refractivity contribution is 7.99. The number of aryl methyl sites for hydroxylation is 1. The number of nitrogens with zero attached hydrogens (tertiary/aromatic N) is 3. The van der Waals surface area contributed by atoms with Crippen molar-refractivity contribution in [3.05, 3.63) is 64.4 Å². The topological polar surface area (TPSA) is 69.0 Å². The van der Waals surface area contributed by atoms with E-state index in [-0.39, 0.29) is 17.8 Å². The average molecular weight is 473 g/mol. The minimum Gasteiger partial charge on any atom is -0.483 e. The van der Waals surface area contributed by atoms with Gasteiger partial charge in [-0.25, -0.2) is 0 Å². The van der Waals surface area contributed by atoms with Crippen LogP contribution in [0.3, 0.4) is 0 Å². The minimum absolute atomic E-state index is 0.123. The smallest absolute Gasteiger partial charge is 0.234 e. The quantitative estimate of drug-likeness (QED) is 0.372. The zero-order valence-electron chi connectivity index (χ0n) is 19.1. The van der Waals surface area contributed by atoms with E-state index in [2.05, 4.69) is 41.5 Å². The first-order valence-corrected chi connectivity index (χ1v) is 12.0. The van der Waals surface area contributed by atoms with Crippen LogP contribution in [0.15, 0.2) is 47.6 Å². The van der Waals surface area contributed by atoms with E-state index < -0.39 is 0 Å². The lowest BCUT2D eigenvalue weighted by Crippen LogP contribution is -2.16. The van der Waals surface area contributed by atoms with Crippen molar-refractivity contribution in [2.45, 2.75) is 58.3 Å². The largest absolute Gasteiger partial charge is 0.483 e. The number of aromatic nitrogens is 3. The van der Waals surface area contributed by atoms with Crippen molar-refractivity contribution in [2.24, 2.45) is 0 Å². The molecule has 8 heteroatoms. The van der Waals surface area contributed by atoms with Crippen LogP contribution in [0.1, 0.15) is 56.7 Å². The number of benzene rings is 2. The Bertz CT molecular complexity index is 1070. The van der Waals surface area contributed by atoms with Gasteiger partial charge in [0.1, 0.15) is 5.75 Å². The molecule has 1 N–H and O–H groups in total. The molecule has 2 aromatic carbocycles. The zero-order valence-corrected chi connectivity index (χ0v) is 20.6. The number of thioether (sulfide) groups is 1. The molecule has 0 bridgehead atoms. The predicted octanol–water partition coefficient (Wildman–Crippen LogP) is 6.25. The molecule has 1 heterocycles. The maximum absolute atomic E-state index is 12.4. The van der Waals surface area contributed by atoms with Crippen LogP contribution in [-0.2, 0) is 11.3 Å². The van der Waals surface area contributed by atoms with Gasteiger partial charge >= 0.3 is 0 Å². The number of nitrogens with one attached hydrogen (secondary N) is 1. The van der Waals surface area contributed by atoms with Gasteiger partial charge in [0.2, 0.25) is 5.91 Å². The number of halogens is 1. The number of carbonyl (C=O) groups excluding carboxylic acids is 1. The highest BCUT2D eigenvalue weighted by Crippen LogP contribution is 2.26. The zero-order chi connectivity index (χ0) is 23.3. The lowest BCUT2D eigenvalue weighted by molar-refractivity contribution is -0.113. The Labute approximate surface area is 198 Å². The molecular formula is C24H29ClN4O2S. The first kappa shape index (κ1) is 24.1. The lowest BCUT2D eigenvalue weighted by Gasteiger charge is -2.16. The molecule has 1 atom stereocenters. The van der Waals surface area contributed by atoms with Gasteiger partial charge in [0, 0.05) is 17.3 Å². The number of hydrogen-bond donors (Lipinski definition) is 1. The van der Waals surface area contributed by atoms with Crippen molar-refractivity contribution < 1.29 is 9.53 Å². The number of hydrogen-bond acceptors (Lipinski definition) is 5. The van der Waals surface area contributed by atoms with Crippen molar-refractivity contribution in [1.29, 1.82) is 0 Å². The van der Waals surface area contributed by atoms with Gasteiger partial charge in [0.25, 0.3) is 0 Å². The van der Waals surface area contributed by atoms with E-state index in [0.29, 0.717) is 28.3 Å². The number of ether oxygens (including phenoxy) is 1.